The monoisotopic (exact) mass is 222 g/mol. The Balaban J connectivity index is 2.84. The molecule has 0 saturated heterocycles. The second-order valence-corrected chi connectivity index (χ2v) is 4.96. The summed E-state index contributed by atoms with van der Waals surface area (Å²) in [5.41, 5.74) is 9.03. The second kappa shape index (κ2) is 4.85. The van der Waals surface area contributed by atoms with Gasteiger partial charge in [0.2, 0.25) is 0 Å². The van der Waals surface area contributed by atoms with Crippen LogP contribution >= 0.6 is 0 Å². The van der Waals surface area contributed by atoms with Crippen LogP contribution in [0.4, 0.5) is 5.69 Å². The Labute approximate surface area is 97.9 Å². The third-order valence-electron chi connectivity index (χ3n) is 2.72. The van der Waals surface area contributed by atoms with Gasteiger partial charge in [0.05, 0.1) is 12.1 Å². The third kappa shape index (κ3) is 3.22. The van der Waals surface area contributed by atoms with Crippen LogP contribution in [0.25, 0.3) is 0 Å². The van der Waals surface area contributed by atoms with Crippen LogP contribution in [0.5, 0.6) is 0 Å². The van der Waals surface area contributed by atoms with Gasteiger partial charge in [-0.2, -0.15) is 0 Å². The molecule has 0 saturated carbocycles. The van der Waals surface area contributed by atoms with Gasteiger partial charge < -0.3 is 15.7 Å². The van der Waals surface area contributed by atoms with E-state index in [9.17, 15) is 0 Å². The number of likely N-dealkylation sites (N-methyl/N-ethyl adjacent to an activating group) is 1. The first kappa shape index (κ1) is 13.0. The number of benzene rings is 1. The van der Waals surface area contributed by atoms with Crippen LogP contribution in [0.2, 0.25) is 0 Å². The number of aliphatic hydroxyl groups excluding tert-OH is 1. The minimum absolute atomic E-state index is 0.0117. The van der Waals surface area contributed by atoms with Gasteiger partial charge in [-0.1, -0.05) is 17.7 Å². The Hall–Kier alpha value is -1.06. The predicted octanol–water partition coefficient (Wildman–Crippen LogP) is 1.45. The summed E-state index contributed by atoms with van der Waals surface area (Å²) < 4.78 is 0. The normalized spacial score (nSPS) is 14.6. The van der Waals surface area contributed by atoms with Gasteiger partial charge in [-0.05, 0) is 32.4 Å². The standard InChI is InChI=1S/C13H22N2O/c1-10-5-6-12(11(2)7-10)15(4)8-13(3,14)9-16/h5-7,16H,8-9,14H2,1-4H3. The average Bonchev–Trinajstić information content (AvgIpc) is 2.16. The van der Waals surface area contributed by atoms with Crippen molar-refractivity contribution in [3.63, 3.8) is 0 Å². The second-order valence-electron chi connectivity index (χ2n) is 4.96. The van der Waals surface area contributed by atoms with E-state index in [4.69, 9.17) is 10.8 Å². The lowest BCUT2D eigenvalue weighted by atomic mass is 10.0. The molecule has 16 heavy (non-hydrogen) atoms. The molecule has 1 rings (SSSR count). The quantitative estimate of drug-likeness (QED) is 0.810. The Morgan fingerprint density at radius 1 is 1.38 bits per heavy atom. The van der Waals surface area contributed by atoms with E-state index in [0.717, 1.165) is 5.69 Å². The van der Waals surface area contributed by atoms with Crippen molar-refractivity contribution in [2.45, 2.75) is 26.3 Å². The average molecular weight is 222 g/mol. The van der Waals surface area contributed by atoms with Crippen LogP contribution < -0.4 is 10.6 Å². The summed E-state index contributed by atoms with van der Waals surface area (Å²) in [6, 6.07) is 6.34. The molecule has 0 aliphatic heterocycles. The number of anilines is 1. The van der Waals surface area contributed by atoms with Crippen molar-refractivity contribution in [3.8, 4) is 0 Å². The molecule has 90 valence electrons. The lowest BCUT2D eigenvalue weighted by Gasteiger charge is -2.30. The maximum atomic E-state index is 9.15. The highest BCUT2D eigenvalue weighted by molar-refractivity contribution is 5.54. The maximum absolute atomic E-state index is 9.15. The van der Waals surface area contributed by atoms with Gasteiger partial charge in [0.15, 0.2) is 0 Å². The third-order valence-corrected chi connectivity index (χ3v) is 2.72. The first-order chi connectivity index (χ1) is 7.35. The van der Waals surface area contributed by atoms with Crippen LogP contribution in [0.15, 0.2) is 18.2 Å². The minimum atomic E-state index is -0.563. The lowest BCUT2D eigenvalue weighted by molar-refractivity contribution is 0.212. The zero-order chi connectivity index (χ0) is 12.3. The molecule has 0 aromatic heterocycles. The highest BCUT2D eigenvalue weighted by atomic mass is 16.3. The fourth-order valence-electron chi connectivity index (χ4n) is 1.91. The van der Waals surface area contributed by atoms with Gasteiger partial charge in [-0.25, -0.2) is 0 Å². The van der Waals surface area contributed by atoms with E-state index in [1.54, 1.807) is 0 Å². The molecule has 0 bridgehead atoms. The van der Waals surface area contributed by atoms with Crippen molar-refractivity contribution in [2.24, 2.45) is 5.73 Å². The SMILES string of the molecule is Cc1ccc(N(C)CC(C)(N)CO)c(C)c1. The fourth-order valence-corrected chi connectivity index (χ4v) is 1.91. The van der Waals surface area contributed by atoms with E-state index in [0.29, 0.717) is 6.54 Å². The number of nitrogens with zero attached hydrogens (tertiary/aromatic N) is 1. The number of rotatable bonds is 4. The van der Waals surface area contributed by atoms with Crippen LogP contribution in [0, 0.1) is 13.8 Å². The Kier molecular flexibility index (Phi) is 3.94. The van der Waals surface area contributed by atoms with Gasteiger partial charge >= 0.3 is 0 Å². The number of aryl methyl sites for hydroxylation is 2. The maximum Gasteiger partial charge on any atom is 0.0625 e. The van der Waals surface area contributed by atoms with E-state index >= 15 is 0 Å². The van der Waals surface area contributed by atoms with Crippen molar-refractivity contribution in [1.82, 2.24) is 0 Å². The van der Waals surface area contributed by atoms with E-state index in [1.807, 2.05) is 14.0 Å². The molecule has 0 radical (unpaired) electrons. The molecule has 0 spiro atoms. The molecule has 1 unspecified atom stereocenters. The molecular weight excluding hydrogens is 200 g/mol. The highest BCUT2D eigenvalue weighted by Crippen LogP contribution is 2.21. The minimum Gasteiger partial charge on any atom is -0.394 e. The largest absolute Gasteiger partial charge is 0.394 e. The molecule has 1 aromatic carbocycles. The number of aliphatic hydroxyl groups is 1. The van der Waals surface area contributed by atoms with Gasteiger partial charge in [0.1, 0.15) is 0 Å². The summed E-state index contributed by atoms with van der Waals surface area (Å²) >= 11 is 0. The molecule has 0 amide bonds. The molecule has 0 aliphatic rings. The molecule has 1 aromatic rings. The van der Waals surface area contributed by atoms with Gasteiger partial charge in [0.25, 0.3) is 0 Å². The van der Waals surface area contributed by atoms with Gasteiger partial charge in [-0.3, -0.25) is 0 Å². The summed E-state index contributed by atoms with van der Waals surface area (Å²) in [5.74, 6) is 0. The molecule has 3 N–H and O–H groups in total. The first-order valence-corrected chi connectivity index (χ1v) is 5.54. The molecule has 0 fully saturated rings. The first-order valence-electron chi connectivity index (χ1n) is 5.54. The summed E-state index contributed by atoms with van der Waals surface area (Å²) in [6.45, 7) is 6.64. The van der Waals surface area contributed by atoms with Crippen molar-refractivity contribution in [3.05, 3.63) is 29.3 Å². The van der Waals surface area contributed by atoms with Crippen molar-refractivity contribution >= 4 is 5.69 Å². The van der Waals surface area contributed by atoms with Crippen LogP contribution in [0.3, 0.4) is 0 Å². The Morgan fingerprint density at radius 2 is 2.00 bits per heavy atom. The summed E-state index contributed by atoms with van der Waals surface area (Å²) in [5, 5.41) is 9.15. The summed E-state index contributed by atoms with van der Waals surface area (Å²) in [6.07, 6.45) is 0. The van der Waals surface area contributed by atoms with E-state index in [1.165, 1.54) is 11.1 Å². The fraction of sp³-hybridized carbons (Fsp3) is 0.538. The molecular formula is C13H22N2O. The van der Waals surface area contributed by atoms with Crippen molar-refractivity contribution < 1.29 is 5.11 Å². The molecule has 0 heterocycles. The topological polar surface area (TPSA) is 49.5 Å². The Morgan fingerprint density at radius 3 is 2.50 bits per heavy atom. The van der Waals surface area contributed by atoms with E-state index < -0.39 is 5.54 Å². The number of nitrogens with two attached hydrogens (primary N) is 1. The van der Waals surface area contributed by atoms with Crippen molar-refractivity contribution in [1.29, 1.82) is 0 Å². The molecule has 0 aliphatic carbocycles. The Bertz CT molecular complexity index is 361. The number of hydrogen-bond acceptors (Lipinski definition) is 3. The summed E-state index contributed by atoms with van der Waals surface area (Å²) in [7, 11) is 2.00. The lowest BCUT2D eigenvalue weighted by Crippen LogP contribution is -2.49. The molecule has 1 atom stereocenters. The van der Waals surface area contributed by atoms with Crippen LogP contribution in [-0.4, -0.2) is 30.8 Å². The van der Waals surface area contributed by atoms with Crippen LogP contribution in [-0.2, 0) is 0 Å². The number of hydrogen-bond donors (Lipinski definition) is 2. The van der Waals surface area contributed by atoms with Crippen molar-refractivity contribution in [2.75, 3.05) is 25.1 Å². The molecule has 3 nitrogen and oxygen atoms in total. The zero-order valence-corrected chi connectivity index (χ0v) is 10.6. The van der Waals surface area contributed by atoms with Gasteiger partial charge in [-0.15, -0.1) is 0 Å². The van der Waals surface area contributed by atoms with Gasteiger partial charge in [0, 0.05) is 19.3 Å². The van der Waals surface area contributed by atoms with Crippen LogP contribution in [0.1, 0.15) is 18.1 Å². The summed E-state index contributed by atoms with van der Waals surface area (Å²) in [4.78, 5) is 2.09. The predicted molar refractivity (Wildman–Crippen MR) is 68.9 cm³/mol. The highest BCUT2D eigenvalue weighted by Gasteiger charge is 2.20. The zero-order valence-electron chi connectivity index (χ0n) is 10.6. The van der Waals surface area contributed by atoms with E-state index in [-0.39, 0.29) is 6.61 Å². The smallest absolute Gasteiger partial charge is 0.0625 e. The van der Waals surface area contributed by atoms with E-state index in [2.05, 4.69) is 36.9 Å². The molecule has 3 heteroatoms.